The molecule has 218 valence electrons. The Hall–Kier alpha value is -4.47. The predicted molar refractivity (Wildman–Crippen MR) is 155 cm³/mol. The second kappa shape index (κ2) is 12.8. The Balaban J connectivity index is 1.89. The highest BCUT2D eigenvalue weighted by Crippen LogP contribution is 2.29. The first-order chi connectivity index (χ1) is 19.1. The van der Waals surface area contributed by atoms with E-state index in [-0.39, 0.29) is 23.9 Å². The number of anilines is 1. The fourth-order valence-corrected chi connectivity index (χ4v) is 3.98. The molecule has 0 radical (unpaired) electrons. The first-order valence-electron chi connectivity index (χ1n) is 13.3. The second-order valence-corrected chi connectivity index (χ2v) is 11.6. The summed E-state index contributed by atoms with van der Waals surface area (Å²) in [6.07, 6.45) is -0.771. The lowest BCUT2D eigenvalue weighted by atomic mass is 10.0. The van der Waals surface area contributed by atoms with E-state index in [9.17, 15) is 19.7 Å². The number of nitrogens with zero attached hydrogens (tertiary/aromatic N) is 3. The Bertz CT molecular complexity index is 1370. The number of ether oxygens (including phenoxy) is 3. The third-order valence-corrected chi connectivity index (χ3v) is 5.60. The average molecular weight is 564 g/mol. The summed E-state index contributed by atoms with van der Waals surface area (Å²) in [5, 5.41) is 12.1. The second-order valence-electron chi connectivity index (χ2n) is 11.6. The standard InChI is InChI=1S/C31H37N3O7/c1-21-18-25(19-26(32-21)33(28(35)40-30(2,3)4)29(36)41-31(5,6)7)39-20-24-15-11-14-23(27(24)34(37)38)17-16-22-12-9-8-10-13-22/h8-15,18-19H,16-17,20H2,1-7H3. The van der Waals surface area contributed by atoms with Crippen molar-refractivity contribution < 1.29 is 28.7 Å². The molecule has 10 heteroatoms. The van der Waals surface area contributed by atoms with Gasteiger partial charge < -0.3 is 14.2 Å². The zero-order chi connectivity index (χ0) is 30.4. The van der Waals surface area contributed by atoms with Crippen LogP contribution in [0.1, 0.15) is 63.9 Å². The maximum absolute atomic E-state index is 13.1. The van der Waals surface area contributed by atoms with Gasteiger partial charge in [-0.25, -0.2) is 14.6 Å². The number of para-hydroxylation sites is 1. The van der Waals surface area contributed by atoms with Crippen LogP contribution >= 0.6 is 0 Å². The van der Waals surface area contributed by atoms with E-state index in [0.717, 1.165) is 5.56 Å². The molecule has 0 N–H and O–H groups in total. The summed E-state index contributed by atoms with van der Waals surface area (Å²) in [6.45, 7) is 11.6. The third-order valence-electron chi connectivity index (χ3n) is 5.60. The highest BCUT2D eigenvalue weighted by atomic mass is 16.6. The highest BCUT2D eigenvalue weighted by molar-refractivity contribution is 6.08. The minimum absolute atomic E-state index is 0.00132. The molecule has 3 aromatic rings. The predicted octanol–water partition coefficient (Wildman–Crippen LogP) is 7.34. The molecule has 0 aliphatic heterocycles. The van der Waals surface area contributed by atoms with Crippen molar-refractivity contribution in [3.05, 3.63) is 93.2 Å². The van der Waals surface area contributed by atoms with Crippen LogP contribution in [0, 0.1) is 17.0 Å². The lowest BCUT2D eigenvalue weighted by molar-refractivity contribution is -0.386. The van der Waals surface area contributed by atoms with Gasteiger partial charge in [-0.1, -0.05) is 42.5 Å². The number of amides is 2. The Morgan fingerprint density at radius 3 is 2.00 bits per heavy atom. The van der Waals surface area contributed by atoms with Gasteiger partial charge in [-0.3, -0.25) is 10.1 Å². The zero-order valence-electron chi connectivity index (χ0n) is 24.6. The van der Waals surface area contributed by atoms with Crippen LogP contribution in [0.3, 0.4) is 0 Å². The van der Waals surface area contributed by atoms with E-state index < -0.39 is 28.3 Å². The largest absolute Gasteiger partial charge is 0.488 e. The summed E-state index contributed by atoms with van der Waals surface area (Å²) in [5.74, 6) is 0.197. The first-order valence-corrected chi connectivity index (χ1v) is 13.3. The van der Waals surface area contributed by atoms with Gasteiger partial charge in [0.2, 0.25) is 0 Å². The van der Waals surface area contributed by atoms with Crippen molar-refractivity contribution in [2.24, 2.45) is 0 Å². The quantitative estimate of drug-likeness (QED) is 0.206. The molecule has 2 aromatic carbocycles. The smallest absolute Gasteiger partial charge is 0.425 e. The molecule has 0 aliphatic carbocycles. The Morgan fingerprint density at radius 1 is 0.854 bits per heavy atom. The highest BCUT2D eigenvalue weighted by Gasteiger charge is 2.34. The van der Waals surface area contributed by atoms with Gasteiger partial charge in [0.05, 0.1) is 10.5 Å². The Kier molecular flexibility index (Phi) is 9.70. The molecule has 0 saturated carbocycles. The van der Waals surface area contributed by atoms with Crippen molar-refractivity contribution in [2.75, 3.05) is 4.90 Å². The molecule has 3 rings (SSSR count). The summed E-state index contributed by atoms with van der Waals surface area (Å²) in [5.41, 5.74) is 0.762. The molecular weight excluding hydrogens is 526 g/mol. The molecule has 0 atom stereocenters. The zero-order valence-corrected chi connectivity index (χ0v) is 24.6. The summed E-state index contributed by atoms with van der Waals surface area (Å²) in [4.78, 5) is 42.8. The molecule has 0 aliphatic rings. The summed E-state index contributed by atoms with van der Waals surface area (Å²) in [7, 11) is 0. The number of rotatable bonds is 8. The van der Waals surface area contributed by atoms with Crippen molar-refractivity contribution >= 4 is 23.7 Å². The van der Waals surface area contributed by atoms with Crippen LogP contribution in [0.4, 0.5) is 21.1 Å². The molecule has 1 heterocycles. The van der Waals surface area contributed by atoms with E-state index in [1.165, 1.54) is 6.07 Å². The van der Waals surface area contributed by atoms with E-state index >= 15 is 0 Å². The van der Waals surface area contributed by atoms with Crippen molar-refractivity contribution in [1.29, 1.82) is 0 Å². The van der Waals surface area contributed by atoms with Crippen molar-refractivity contribution in [1.82, 2.24) is 4.98 Å². The van der Waals surface area contributed by atoms with Gasteiger partial charge in [-0.05, 0) is 72.9 Å². The molecule has 0 unspecified atom stereocenters. The average Bonchev–Trinajstić information content (AvgIpc) is 2.84. The molecule has 0 bridgehead atoms. The number of nitro groups is 1. The minimum atomic E-state index is -0.961. The summed E-state index contributed by atoms with van der Waals surface area (Å²) < 4.78 is 16.8. The number of pyridine rings is 1. The van der Waals surface area contributed by atoms with E-state index in [0.29, 0.717) is 34.6 Å². The maximum Gasteiger partial charge on any atom is 0.425 e. The number of aryl methyl sites for hydroxylation is 3. The molecule has 2 amide bonds. The van der Waals surface area contributed by atoms with Crippen molar-refractivity contribution in [3.63, 3.8) is 0 Å². The number of nitro benzene ring substituents is 1. The van der Waals surface area contributed by atoms with Crippen LogP contribution in [-0.2, 0) is 28.9 Å². The monoisotopic (exact) mass is 563 g/mol. The number of hydrogen-bond acceptors (Lipinski definition) is 8. The minimum Gasteiger partial charge on any atom is -0.488 e. The van der Waals surface area contributed by atoms with Crippen LogP contribution in [0.2, 0.25) is 0 Å². The first kappa shape index (κ1) is 31.1. The maximum atomic E-state index is 13.1. The molecular formula is C31H37N3O7. The third kappa shape index (κ3) is 9.30. The molecule has 0 fully saturated rings. The van der Waals surface area contributed by atoms with Crippen LogP contribution in [0.5, 0.6) is 5.75 Å². The van der Waals surface area contributed by atoms with Gasteiger partial charge in [0.25, 0.3) is 5.69 Å². The number of aromatic nitrogens is 1. The summed E-state index contributed by atoms with van der Waals surface area (Å²) >= 11 is 0. The molecule has 41 heavy (non-hydrogen) atoms. The number of imide groups is 1. The number of benzene rings is 2. The van der Waals surface area contributed by atoms with Gasteiger partial charge in [-0.15, -0.1) is 0 Å². The van der Waals surface area contributed by atoms with Crippen LogP contribution in [0.25, 0.3) is 0 Å². The topological polar surface area (TPSA) is 121 Å². The van der Waals surface area contributed by atoms with E-state index in [2.05, 4.69) is 4.98 Å². The van der Waals surface area contributed by atoms with Crippen LogP contribution < -0.4 is 9.64 Å². The fourth-order valence-electron chi connectivity index (χ4n) is 3.98. The Labute approximate surface area is 240 Å². The SMILES string of the molecule is Cc1cc(OCc2cccc(CCc3ccccc3)c2[N+](=O)[O-])cc(N(C(=O)OC(C)(C)C)C(=O)OC(C)(C)C)n1. The molecule has 0 spiro atoms. The molecule has 0 saturated heterocycles. The number of carbonyl (C=O) groups excluding carboxylic acids is 2. The number of hydrogen-bond donors (Lipinski definition) is 0. The Morgan fingerprint density at radius 2 is 1.44 bits per heavy atom. The molecule has 1 aromatic heterocycles. The van der Waals surface area contributed by atoms with Gasteiger partial charge in [0.1, 0.15) is 23.6 Å². The van der Waals surface area contributed by atoms with E-state index in [1.807, 2.05) is 30.3 Å². The van der Waals surface area contributed by atoms with Gasteiger partial charge in [-0.2, -0.15) is 4.90 Å². The van der Waals surface area contributed by atoms with Crippen LogP contribution in [-0.4, -0.2) is 33.3 Å². The number of carbonyl (C=O) groups is 2. The summed E-state index contributed by atoms with van der Waals surface area (Å²) in [6, 6.07) is 17.9. The van der Waals surface area contributed by atoms with E-state index in [4.69, 9.17) is 14.2 Å². The fraction of sp³-hybridized carbons (Fsp3) is 0.387. The van der Waals surface area contributed by atoms with Gasteiger partial charge in [0.15, 0.2) is 5.82 Å². The molecule has 10 nitrogen and oxygen atoms in total. The lowest BCUT2D eigenvalue weighted by Gasteiger charge is -2.28. The van der Waals surface area contributed by atoms with E-state index in [1.54, 1.807) is 72.7 Å². The lowest BCUT2D eigenvalue weighted by Crippen LogP contribution is -2.44. The normalized spacial score (nSPS) is 11.5. The van der Waals surface area contributed by atoms with Gasteiger partial charge >= 0.3 is 12.2 Å². The van der Waals surface area contributed by atoms with Gasteiger partial charge in [0, 0.05) is 23.4 Å². The van der Waals surface area contributed by atoms with Crippen LogP contribution in [0.15, 0.2) is 60.7 Å². The van der Waals surface area contributed by atoms with Crippen molar-refractivity contribution in [3.8, 4) is 5.75 Å². The van der Waals surface area contributed by atoms with Crippen molar-refractivity contribution in [2.45, 2.75) is 79.1 Å².